The largest absolute Gasteiger partial charge is 0.349 e. The van der Waals surface area contributed by atoms with Crippen molar-refractivity contribution in [3.63, 3.8) is 0 Å². The van der Waals surface area contributed by atoms with Crippen LogP contribution in [0.25, 0.3) is 0 Å². The Bertz CT molecular complexity index is 744. The predicted octanol–water partition coefficient (Wildman–Crippen LogP) is 6.52. The van der Waals surface area contributed by atoms with Crippen LogP contribution >= 0.6 is 0 Å². The summed E-state index contributed by atoms with van der Waals surface area (Å²) >= 11 is 0. The summed E-state index contributed by atoms with van der Waals surface area (Å²) < 4.78 is 13.4. The molecule has 2 heterocycles. The summed E-state index contributed by atoms with van der Waals surface area (Å²) in [6.07, 6.45) is 18.3. The van der Waals surface area contributed by atoms with E-state index < -0.39 is 0 Å². The summed E-state index contributed by atoms with van der Waals surface area (Å²) in [6, 6.07) is 0. The van der Waals surface area contributed by atoms with E-state index in [4.69, 9.17) is 9.47 Å². The highest BCUT2D eigenvalue weighted by Crippen LogP contribution is 2.70. The van der Waals surface area contributed by atoms with Crippen LogP contribution < -0.4 is 0 Å². The van der Waals surface area contributed by atoms with Gasteiger partial charge in [-0.3, -0.25) is 0 Å². The molecule has 0 radical (unpaired) electrons. The molecular weight excluding hydrogens is 356 g/mol. The zero-order valence-corrected chi connectivity index (χ0v) is 19.0. The Morgan fingerprint density at radius 1 is 1.03 bits per heavy atom. The third kappa shape index (κ3) is 2.42. The molecular formula is C27H40O2. The molecule has 4 fully saturated rings. The zero-order valence-electron chi connectivity index (χ0n) is 19.0. The van der Waals surface area contributed by atoms with Crippen LogP contribution in [0.2, 0.25) is 0 Å². The van der Waals surface area contributed by atoms with Gasteiger partial charge in [-0.05, 0) is 90.9 Å². The maximum Gasteiger partial charge on any atom is 0.171 e. The minimum Gasteiger partial charge on any atom is -0.349 e. The van der Waals surface area contributed by atoms with Gasteiger partial charge in [0.2, 0.25) is 0 Å². The van der Waals surface area contributed by atoms with Crippen LogP contribution in [0.15, 0.2) is 23.8 Å². The van der Waals surface area contributed by atoms with Gasteiger partial charge in [0.1, 0.15) is 0 Å². The minimum atomic E-state index is -0.271. The van der Waals surface area contributed by atoms with Crippen molar-refractivity contribution in [1.82, 2.24) is 0 Å². The number of rotatable bonds is 0. The Labute approximate surface area is 177 Å². The standard InChI is InChI=1S/C27H40O2/c1-17-10-14-27(28-16-17)18(2)24-23(29-27)15-22-20-9-8-19-7-5-6-12-25(19,3)21(20)11-13-26(22,24)4/h5,7-8,17-18,20-24H,6,9-16H2,1-4H3/t17-,18+,20-,21+,22+,23+,24+,25+,26+,27-/m1/s1. The Balaban J connectivity index is 1.30. The molecule has 0 amide bonds. The summed E-state index contributed by atoms with van der Waals surface area (Å²) in [5.74, 6) is 4.20. The molecule has 0 bridgehead atoms. The SMILES string of the molecule is C[C@@H]1CC[C@@]2(OC1)O[C@H]1C[C@H]3[C@@H]4CC=C5C=CCC[C@]5(C)[C@H]4CC[C@]3(C)[C@H]1[C@@H]2C. The normalized spacial score (nSPS) is 58.3. The molecule has 2 aliphatic heterocycles. The summed E-state index contributed by atoms with van der Waals surface area (Å²) in [5, 5.41) is 0. The van der Waals surface area contributed by atoms with Gasteiger partial charge in [-0.25, -0.2) is 0 Å². The molecule has 6 aliphatic rings. The van der Waals surface area contributed by atoms with Crippen LogP contribution in [-0.4, -0.2) is 18.5 Å². The molecule has 4 aliphatic carbocycles. The van der Waals surface area contributed by atoms with E-state index >= 15 is 0 Å². The van der Waals surface area contributed by atoms with Crippen molar-refractivity contribution in [1.29, 1.82) is 0 Å². The molecule has 10 atom stereocenters. The van der Waals surface area contributed by atoms with Crippen molar-refractivity contribution < 1.29 is 9.47 Å². The zero-order chi connectivity index (χ0) is 20.0. The maximum atomic E-state index is 6.89. The third-order valence-corrected chi connectivity index (χ3v) is 10.9. The lowest BCUT2D eigenvalue weighted by molar-refractivity contribution is -0.272. The molecule has 29 heavy (non-hydrogen) atoms. The van der Waals surface area contributed by atoms with Gasteiger partial charge in [-0.1, -0.05) is 45.9 Å². The predicted molar refractivity (Wildman–Crippen MR) is 116 cm³/mol. The third-order valence-electron chi connectivity index (χ3n) is 10.9. The molecule has 2 saturated heterocycles. The Kier molecular flexibility index (Phi) is 4.10. The van der Waals surface area contributed by atoms with Crippen molar-refractivity contribution in [3.8, 4) is 0 Å². The van der Waals surface area contributed by atoms with E-state index in [0.29, 0.717) is 34.7 Å². The second kappa shape index (κ2) is 6.22. The van der Waals surface area contributed by atoms with E-state index in [1.807, 2.05) is 0 Å². The average Bonchev–Trinajstić information content (AvgIpc) is 3.15. The van der Waals surface area contributed by atoms with Crippen molar-refractivity contribution in [3.05, 3.63) is 23.8 Å². The molecule has 160 valence electrons. The highest BCUT2D eigenvalue weighted by Gasteiger charge is 2.68. The molecule has 0 aromatic rings. The van der Waals surface area contributed by atoms with Crippen LogP contribution in [0.4, 0.5) is 0 Å². The lowest BCUT2D eigenvalue weighted by Gasteiger charge is -2.57. The molecule has 1 spiro atoms. The summed E-state index contributed by atoms with van der Waals surface area (Å²) in [7, 11) is 0. The number of hydrogen-bond donors (Lipinski definition) is 0. The van der Waals surface area contributed by atoms with Crippen molar-refractivity contribution in [2.45, 2.75) is 91.0 Å². The smallest absolute Gasteiger partial charge is 0.171 e. The van der Waals surface area contributed by atoms with E-state index in [1.54, 1.807) is 5.57 Å². The van der Waals surface area contributed by atoms with Gasteiger partial charge < -0.3 is 9.47 Å². The Morgan fingerprint density at radius 2 is 1.90 bits per heavy atom. The highest BCUT2D eigenvalue weighted by atomic mass is 16.7. The van der Waals surface area contributed by atoms with Crippen molar-refractivity contribution in [2.24, 2.45) is 46.3 Å². The second-order valence-corrected chi connectivity index (χ2v) is 12.1. The van der Waals surface area contributed by atoms with E-state index in [2.05, 4.69) is 45.9 Å². The molecule has 0 aromatic heterocycles. The van der Waals surface area contributed by atoms with Gasteiger partial charge in [0, 0.05) is 12.3 Å². The lowest BCUT2D eigenvalue weighted by Crippen LogP contribution is -2.51. The van der Waals surface area contributed by atoms with Crippen LogP contribution in [-0.2, 0) is 9.47 Å². The molecule has 0 aromatic carbocycles. The van der Waals surface area contributed by atoms with E-state index in [0.717, 1.165) is 30.8 Å². The number of ether oxygens (including phenoxy) is 2. The maximum absolute atomic E-state index is 6.89. The van der Waals surface area contributed by atoms with Gasteiger partial charge in [0.15, 0.2) is 5.79 Å². The van der Waals surface area contributed by atoms with Gasteiger partial charge in [0.05, 0.1) is 12.7 Å². The molecule has 2 nitrogen and oxygen atoms in total. The first-order valence-electron chi connectivity index (χ1n) is 12.6. The van der Waals surface area contributed by atoms with Crippen molar-refractivity contribution in [2.75, 3.05) is 6.61 Å². The number of allylic oxidation sites excluding steroid dienone is 4. The van der Waals surface area contributed by atoms with Crippen LogP contribution in [0.3, 0.4) is 0 Å². The Morgan fingerprint density at radius 3 is 2.69 bits per heavy atom. The molecule has 0 N–H and O–H groups in total. The molecule has 0 unspecified atom stereocenters. The Hall–Kier alpha value is -0.600. The fraction of sp³-hybridized carbons (Fsp3) is 0.852. The first-order valence-corrected chi connectivity index (χ1v) is 12.6. The molecule has 6 rings (SSSR count). The van der Waals surface area contributed by atoms with Crippen LogP contribution in [0.1, 0.15) is 79.1 Å². The highest BCUT2D eigenvalue weighted by molar-refractivity contribution is 5.34. The monoisotopic (exact) mass is 396 g/mol. The van der Waals surface area contributed by atoms with Gasteiger partial charge in [0.25, 0.3) is 0 Å². The van der Waals surface area contributed by atoms with E-state index in [-0.39, 0.29) is 5.79 Å². The van der Waals surface area contributed by atoms with Gasteiger partial charge >= 0.3 is 0 Å². The van der Waals surface area contributed by atoms with E-state index in [1.165, 1.54) is 44.9 Å². The first-order chi connectivity index (χ1) is 13.9. The van der Waals surface area contributed by atoms with Crippen LogP contribution in [0.5, 0.6) is 0 Å². The van der Waals surface area contributed by atoms with Gasteiger partial charge in [-0.15, -0.1) is 0 Å². The molecule has 2 saturated carbocycles. The lowest BCUT2D eigenvalue weighted by atomic mass is 9.47. The van der Waals surface area contributed by atoms with Crippen LogP contribution in [0, 0.1) is 46.3 Å². The summed E-state index contributed by atoms with van der Waals surface area (Å²) in [4.78, 5) is 0. The number of hydrogen-bond acceptors (Lipinski definition) is 2. The fourth-order valence-corrected chi connectivity index (χ4v) is 9.32. The first kappa shape index (κ1) is 19.1. The second-order valence-electron chi connectivity index (χ2n) is 12.1. The van der Waals surface area contributed by atoms with Gasteiger partial charge in [-0.2, -0.15) is 0 Å². The summed E-state index contributed by atoms with van der Waals surface area (Å²) in [6.45, 7) is 10.9. The molecule has 2 heteroatoms. The minimum absolute atomic E-state index is 0.271. The van der Waals surface area contributed by atoms with Crippen molar-refractivity contribution >= 4 is 0 Å². The summed E-state index contributed by atoms with van der Waals surface area (Å²) in [5.41, 5.74) is 2.51. The number of fused-ring (bicyclic) bond motifs is 7. The van der Waals surface area contributed by atoms with E-state index in [9.17, 15) is 0 Å². The topological polar surface area (TPSA) is 18.5 Å². The fourth-order valence-electron chi connectivity index (χ4n) is 9.32. The quantitative estimate of drug-likeness (QED) is 0.464. The average molecular weight is 397 g/mol.